The summed E-state index contributed by atoms with van der Waals surface area (Å²) in [5.41, 5.74) is 2.83. The van der Waals surface area contributed by atoms with Gasteiger partial charge in [-0.2, -0.15) is 0 Å². The van der Waals surface area contributed by atoms with E-state index in [1.165, 1.54) is 17.5 Å². The molecule has 1 unspecified atom stereocenters. The molecule has 0 aromatic heterocycles. The molecule has 0 amide bonds. The molecule has 0 fully saturated rings. The summed E-state index contributed by atoms with van der Waals surface area (Å²) >= 11 is 0. The Balaban J connectivity index is 2.56. The molecule has 0 N–H and O–H groups in total. The normalized spacial score (nSPS) is 13.2. The molecular formula is C13H21N. The fourth-order valence-electron chi connectivity index (χ4n) is 1.60. The Kier molecular flexibility index (Phi) is 4.15. The SMILES string of the molecule is Cc1cccc(C(C)CCN(C)C)c1. The fraction of sp³-hybridized carbons (Fsp3) is 0.538. The lowest BCUT2D eigenvalue weighted by molar-refractivity contribution is 0.386. The van der Waals surface area contributed by atoms with E-state index in [1.807, 2.05) is 0 Å². The molecule has 0 bridgehead atoms. The summed E-state index contributed by atoms with van der Waals surface area (Å²) in [6.07, 6.45) is 1.23. The highest BCUT2D eigenvalue weighted by atomic mass is 15.0. The van der Waals surface area contributed by atoms with Gasteiger partial charge in [0.2, 0.25) is 0 Å². The summed E-state index contributed by atoms with van der Waals surface area (Å²) in [6.45, 7) is 5.62. The number of rotatable bonds is 4. The van der Waals surface area contributed by atoms with Crippen LogP contribution in [-0.4, -0.2) is 25.5 Å². The van der Waals surface area contributed by atoms with Gasteiger partial charge >= 0.3 is 0 Å². The third kappa shape index (κ3) is 3.51. The Morgan fingerprint density at radius 3 is 2.57 bits per heavy atom. The minimum atomic E-state index is 0.664. The van der Waals surface area contributed by atoms with Gasteiger partial charge in [0.05, 0.1) is 0 Å². The van der Waals surface area contributed by atoms with Gasteiger partial charge in [-0.15, -0.1) is 0 Å². The third-order valence-corrected chi connectivity index (χ3v) is 2.62. The second-order valence-electron chi connectivity index (χ2n) is 4.41. The predicted molar refractivity (Wildman–Crippen MR) is 62.8 cm³/mol. The maximum atomic E-state index is 2.30. The first-order valence-electron chi connectivity index (χ1n) is 5.31. The van der Waals surface area contributed by atoms with E-state index < -0.39 is 0 Å². The van der Waals surface area contributed by atoms with Crippen LogP contribution in [0.15, 0.2) is 24.3 Å². The number of nitrogens with zero attached hydrogens (tertiary/aromatic N) is 1. The van der Waals surface area contributed by atoms with Crippen molar-refractivity contribution in [2.24, 2.45) is 0 Å². The smallest absolute Gasteiger partial charge is 0.00191 e. The van der Waals surface area contributed by atoms with Crippen LogP contribution in [0.4, 0.5) is 0 Å². The number of hydrogen-bond acceptors (Lipinski definition) is 1. The van der Waals surface area contributed by atoms with Crippen molar-refractivity contribution in [3.05, 3.63) is 35.4 Å². The zero-order chi connectivity index (χ0) is 10.6. The van der Waals surface area contributed by atoms with E-state index in [2.05, 4.69) is 57.1 Å². The lowest BCUT2D eigenvalue weighted by Gasteiger charge is -2.15. The van der Waals surface area contributed by atoms with Gasteiger partial charge < -0.3 is 4.90 Å². The summed E-state index contributed by atoms with van der Waals surface area (Å²) < 4.78 is 0. The number of hydrogen-bond donors (Lipinski definition) is 0. The van der Waals surface area contributed by atoms with E-state index >= 15 is 0 Å². The van der Waals surface area contributed by atoms with E-state index in [4.69, 9.17) is 0 Å². The van der Waals surface area contributed by atoms with Gasteiger partial charge in [0.15, 0.2) is 0 Å². The highest BCUT2D eigenvalue weighted by molar-refractivity contribution is 5.24. The quantitative estimate of drug-likeness (QED) is 0.707. The van der Waals surface area contributed by atoms with Gasteiger partial charge in [-0.1, -0.05) is 36.8 Å². The van der Waals surface area contributed by atoms with Crippen LogP contribution in [0.2, 0.25) is 0 Å². The van der Waals surface area contributed by atoms with Gasteiger partial charge in [-0.25, -0.2) is 0 Å². The van der Waals surface area contributed by atoms with Gasteiger partial charge in [-0.3, -0.25) is 0 Å². The first kappa shape index (κ1) is 11.3. The Hall–Kier alpha value is -0.820. The van der Waals surface area contributed by atoms with Crippen molar-refractivity contribution < 1.29 is 0 Å². The predicted octanol–water partition coefficient (Wildman–Crippen LogP) is 3.05. The summed E-state index contributed by atoms with van der Waals surface area (Å²) in [4.78, 5) is 2.24. The van der Waals surface area contributed by atoms with Crippen molar-refractivity contribution in [2.45, 2.75) is 26.2 Å². The Morgan fingerprint density at radius 1 is 1.29 bits per heavy atom. The third-order valence-electron chi connectivity index (χ3n) is 2.62. The van der Waals surface area contributed by atoms with Crippen LogP contribution < -0.4 is 0 Å². The van der Waals surface area contributed by atoms with Crippen molar-refractivity contribution in [1.29, 1.82) is 0 Å². The molecule has 14 heavy (non-hydrogen) atoms. The molecule has 1 aromatic rings. The molecule has 0 saturated heterocycles. The van der Waals surface area contributed by atoms with E-state index in [9.17, 15) is 0 Å². The van der Waals surface area contributed by atoms with Gasteiger partial charge in [-0.05, 0) is 45.5 Å². The molecule has 78 valence electrons. The summed E-state index contributed by atoms with van der Waals surface area (Å²) in [5, 5.41) is 0. The molecule has 0 aliphatic heterocycles. The summed E-state index contributed by atoms with van der Waals surface area (Å²) in [6, 6.07) is 8.83. The standard InChI is InChI=1S/C13H21N/c1-11-6-5-7-13(10-11)12(2)8-9-14(3)4/h5-7,10,12H,8-9H2,1-4H3. The molecule has 1 atom stereocenters. The van der Waals surface area contributed by atoms with Crippen molar-refractivity contribution in [1.82, 2.24) is 4.90 Å². The Morgan fingerprint density at radius 2 is 2.00 bits per heavy atom. The highest BCUT2D eigenvalue weighted by Gasteiger charge is 2.05. The molecule has 0 aliphatic carbocycles. The van der Waals surface area contributed by atoms with Gasteiger partial charge in [0.25, 0.3) is 0 Å². The van der Waals surface area contributed by atoms with Crippen LogP contribution in [0.1, 0.15) is 30.4 Å². The average molecular weight is 191 g/mol. The van der Waals surface area contributed by atoms with Crippen molar-refractivity contribution in [3.8, 4) is 0 Å². The molecule has 1 nitrogen and oxygen atoms in total. The van der Waals surface area contributed by atoms with E-state index in [0.29, 0.717) is 5.92 Å². The molecule has 0 saturated carbocycles. The fourth-order valence-corrected chi connectivity index (χ4v) is 1.60. The van der Waals surface area contributed by atoms with E-state index in [1.54, 1.807) is 0 Å². The van der Waals surface area contributed by atoms with Crippen LogP contribution in [-0.2, 0) is 0 Å². The van der Waals surface area contributed by atoms with E-state index in [-0.39, 0.29) is 0 Å². The van der Waals surface area contributed by atoms with Crippen LogP contribution in [0.3, 0.4) is 0 Å². The highest BCUT2D eigenvalue weighted by Crippen LogP contribution is 2.19. The first-order chi connectivity index (χ1) is 6.59. The molecule has 0 spiro atoms. The van der Waals surface area contributed by atoms with E-state index in [0.717, 1.165) is 6.54 Å². The number of benzene rings is 1. The lowest BCUT2D eigenvalue weighted by atomic mass is 9.96. The van der Waals surface area contributed by atoms with Crippen molar-refractivity contribution in [2.75, 3.05) is 20.6 Å². The van der Waals surface area contributed by atoms with Crippen molar-refractivity contribution in [3.63, 3.8) is 0 Å². The van der Waals surface area contributed by atoms with Crippen molar-refractivity contribution >= 4 is 0 Å². The molecule has 0 radical (unpaired) electrons. The average Bonchev–Trinajstić information content (AvgIpc) is 2.14. The molecule has 1 heteroatoms. The summed E-state index contributed by atoms with van der Waals surface area (Å²) in [5.74, 6) is 0.664. The zero-order valence-electron chi connectivity index (χ0n) is 9.75. The Bertz CT molecular complexity index is 278. The minimum absolute atomic E-state index is 0.664. The second kappa shape index (κ2) is 5.16. The van der Waals surface area contributed by atoms with Crippen LogP contribution in [0, 0.1) is 6.92 Å². The maximum absolute atomic E-state index is 2.30. The van der Waals surface area contributed by atoms with Crippen LogP contribution in [0.5, 0.6) is 0 Å². The van der Waals surface area contributed by atoms with Gasteiger partial charge in [0.1, 0.15) is 0 Å². The summed E-state index contributed by atoms with van der Waals surface area (Å²) in [7, 11) is 4.26. The first-order valence-corrected chi connectivity index (χ1v) is 5.31. The molecule has 1 rings (SSSR count). The number of aryl methyl sites for hydroxylation is 1. The monoisotopic (exact) mass is 191 g/mol. The molecule has 0 aliphatic rings. The lowest BCUT2D eigenvalue weighted by Crippen LogP contribution is -2.15. The van der Waals surface area contributed by atoms with Crippen LogP contribution in [0.25, 0.3) is 0 Å². The minimum Gasteiger partial charge on any atom is -0.309 e. The maximum Gasteiger partial charge on any atom is -0.00191 e. The van der Waals surface area contributed by atoms with Gasteiger partial charge in [0, 0.05) is 0 Å². The second-order valence-corrected chi connectivity index (χ2v) is 4.41. The largest absolute Gasteiger partial charge is 0.309 e. The topological polar surface area (TPSA) is 3.24 Å². The molecule has 0 heterocycles. The Labute approximate surface area is 87.7 Å². The molecular weight excluding hydrogens is 170 g/mol. The van der Waals surface area contributed by atoms with Crippen LogP contribution >= 0.6 is 0 Å². The zero-order valence-corrected chi connectivity index (χ0v) is 9.75. The molecule has 1 aromatic carbocycles.